The van der Waals surface area contributed by atoms with Crippen LogP contribution in [0.3, 0.4) is 0 Å². The molecule has 0 amide bonds. The van der Waals surface area contributed by atoms with E-state index in [1.165, 1.54) is 140 Å². The SMILES string of the molecule is NCCCCCCCCCCCCSSCCCCCCCCCCCCN. The highest BCUT2D eigenvalue weighted by molar-refractivity contribution is 8.76. The van der Waals surface area contributed by atoms with Crippen molar-refractivity contribution in [3.63, 3.8) is 0 Å². The molecule has 0 atom stereocenters. The number of hydrogen-bond donors (Lipinski definition) is 2. The van der Waals surface area contributed by atoms with Crippen molar-refractivity contribution < 1.29 is 0 Å². The van der Waals surface area contributed by atoms with Crippen LogP contribution in [-0.2, 0) is 0 Å². The van der Waals surface area contributed by atoms with Crippen LogP contribution < -0.4 is 11.5 Å². The average molecular weight is 433 g/mol. The normalized spacial score (nSPS) is 11.4. The Hall–Kier alpha value is 0.620. The second-order valence-electron chi connectivity index (χ2n) is 8.29. The first kappa shape index (κ1) is 28.6. The molecule has 2 nitrogen and oxygen atoms in total. The minimum Gasteiger partial charge on any atom is -0.330 e. The zero-order valence-electron chi connectivity index (χ0n) is 18.9. The molecule has 0 aliphatic carbocycles. The molecule has 0 aromatic heterocycles. The Bertz CT molecular complexity index is 239. The third kappa shape index (κ3) is 26.6. The van der Waals surface area contributed by atoms with E-state index in [0.717, 1.165) is 13.1 Å². The molecule has 0 spiro atoms. The summed E-state index contributed by atoms with van der Waals surface area (Å²) in [4.78, 5) is 0. The number of unbranched alkanes of at least 4 members (excludes halogenated alkanes) is 18. The Morgan fingerprint density at radius 2 is 0.500 bits per heavy atom. The van der Waals surface area contributed by atoms with Gasteiger partial charge in [0.2, 0.25) is 0 Å². The lowest BCUT2D eigenvalue weighted by atomic mass is 10.1. The lowest BCUT2D eigenvalue weighted by molar-refractivity contribution is 0.559. The second-order valence-corrected chi connectivity index (χ2v) is 11.0. The first-order valence-corrected chi connectivity index (χ1v) is 15.0. The van der Waals surface area contributed by atoms with E-state index in [4.69, 9.17) is 11.5 Å². The monoisotopic (exact) mass is 432 g/mol. The highest BCUT2D eigenvalue weighted by atomic mass is 33.1. The molecule has 4 heteroatoms. The fourth-order valence-corrected chi connectivity index (χ4v) is 5.85. The molecule has 0 heterocycles. The maximum Gasteiger partial charge on any atom is 0.00369 e. The van der Waals surface area contributed by atoms with E-state index in [1.54, 1.807) is 0 Å². The molecule has 0 rings (SSSR count). The Morgan fingerprint density at radius 3 is 0.750 bits per heavy atom. The summed E-state index contributed by atoms with van der Waals surface area (Å²) < 4.78 is 0. The Kier molecular flexibility index (Phi) is 28.2. The highest BCUT2D eigenvalue weighted by Crippen LogP contribution is 2.25. The molecule has 0 radical (unpaired) electrons. The van der Waals surface area contributed by atoms with Crippen LogP contribution in [0.5, 0.6) is 0 Å². The van der Waals surface area contributed by atoms with Crippen molar-refractivity contribution >= 4 is 21.6 Å². The van der Waals surface area contributed by atoms with Crippen molar-refractivity contribution in [2.45, 2.75) is 128 Å². The molecule has 0 saturated carbocycles. The molecule has 0 bridgehead atoms. The molecule has 0 unspecified atom stereocenters. The molecular weight excluding hydrogens is 380 g/mol. The molecule has 4 N–H and O–H groups in total. The molecule has 170 valence electrons. The van der Waals surface area contributed by atoms with Crippen LogP contribution in [0.1, 0.15) is 128 Å². The highest BCUT2D eigenvalue weighted by Gasteiger charge is 1.96. The molecular formula is C24H52N2S2. The summed E-state index contributed by atoms with van der Waals surface area (Å²) in [6, 6.07) is 0. The number of hydrogen-bond acceptors (Lipinski definition) is 4. The number of nitrogens with two attached hydrogens (primary N) is 2. The molecule has 0 aromatic carbocycles. The van der Waals surface area contributed by atoms with Crippen LogP contribution in [0.15, 0.2) is 0 Å². The minimum absolute atomic E-state index is 0.868. The summed E-state index contributed by atoms with van der Waals surface area (Å²) in [7, 11) is 4.22. The van der Waals surface area contributed by atoms with Gasteiger partial charge in [0.25, 0.3) is 0 Å². The minimum atomic E-state index is 0.868. The molecule has 0 aliphatic rings. The molecule has 28 heavy (non-hydrogen) atoms. The van der Waals surface area contributed by atoms with E-state index in [-0.39, 0.29) is 0 Å². The zero-order valence-corrected chi connectivity index (χ0v) is 20.6. The van der Waals surface area contributed by atoms with Gasteiger partial charge in [-0.1, -0.05) is 124 Å². The Balaban J connectivity index is 2.96. The van der Waals surface area contributed by atoms with Crippen LogP contribution in [0.4, 0.5) is 0 Å². The number of rotatable bonds is 25. The van der Waals surface area contributed by atoms with Gasteiger partial charge in [-0.2, -0.15) is 0 Å². The predicted octanol–water partition coefficient (Wildman–Crippen LogP) is 8.09. The summed E-state index contributed by atoms with van der Waals surface area (Å²) in [6.07, 6.45) is 28.0. The lowest BCUT2D eigenvalue weighted by Crippen LogP contribution is -1.97. The van der Waals surface area contributed by atoms with E-state index in [1.807, 2.05) is 0 Å². The lowest BCUT2D eigenvalue weighted by Gasteiger charge is -2.04. The van der Waals surface area contributed by atoms with Gasteiger partial charge >= 0.3 is 0 Å². The van der Waals surface area contributed by atoms with Crippen molar-refractivity contribution in [2.75, 3.05) is 24.6 Å². The fourth-order valence-electron chi connectivity index (χ4n) is 3.56. The van der Waals surface area contributed by atoms with E-state index in [2.05, 4.69) is 21.6 Å². The topological polar surface area (TPSA) is 52.0 Å². The molecule has 0 fully saturated rings. The van der Waals surface area contributed by atoms with Crippen LogP contribution >= 0.6 is 21.6 Å². The summed E-state index contributed by atoms with van der Waals surface area (Å²) in [5.41, 5.74) is 11.0. The van der Waals surface area contributed by atoms with Gasteiger partial charge < -0.3 is 11.5 Å². The van der Waals surface area contributed by atoms with Crippen LogP contribution in [-0.4, -0.2) is 24.6 Å². The van der Waals surface area contributed by atoms with Crippen LogP contribution in [0.25, 0.3) is 0 Å². The van der Waals surface area contributed by atoms with Crippen LogP contribution in [0.2, 0.25) is 0 Å². The van der Waals surface area contributed by atoms with E-state index >= 15 is 0 Å². The van der Waals surface area contributed by atoms with Crippen molar-refractivity contribution in [3.05, 3.63) is 0 Å². The first-order valence-electron chi connectivity index (χ1n) is 12.6. The average Bonchev–Trinajstić information content (AvgIpc) is 2.71. The third-order valence-electron chi connectivity index (χ3n) is 5.45. The standard InChI is InChI=1S/C24H52N2S2/c25-21-17-13-9-5-1-3-7-11-15-19-23-27-28-24-20-16-12-8-4-2-6-10-14-18-22-26/h1-26H2. The van der Waals surface area contributed by atoms with E-state index in [9.17, 15) is 0 Å². The predicted molar refractivity (Wildman–Crippen MR) is 135 cm³/mol. The zero-order chi connectivity index (χ0) is 20.4. The fraction of sp³-hybridized carbons (Fsp3) is 1.00. The van der Waals surface area contributed by atoms with Crippen LogP contribution in [0, 0.1) is 0 Å². The van der Waals surface area contributed by atoms with Gasteiger partial charge in [0.15, 0.2) is 0 Å². The first-order chi connectivity index (χ1) is 13.9. The summed E-state index contributed by atoms with van der Waals surface area (Å²) in [5, 5.41) is 0. The molecule has 0 aliphatic heterocycles. The van der Waals surface area contributed by atoms with E-state index < -0.39 is 0 Å². The van der Waals surface area contributed by atoms with Crippen molar-refractivity contribution in [1.82, 2.24) is 0 Å². The van der Waals surface area contributed by atoms with E-state index in [0.29, 0.717) is 0 Å². The van der Waals surface area contributed by atoms with Crippen molar-refractivity contribution in [2.24, 2.45) is 11.5 Å². The maximum atomic E-state index is 5.52. The van der Waals surface area contributed by atoms with Gasteiger partial charge in [-0.15, -0.1) is 0 Å². The van der Waals surface area contributed by atoms with Gasteiger partial charge in [0.05, 0.1) is 0 Å². The van der Waals surface area contributed by atoms with Gasteiger partial charge in [0.1, 0.15) is 0 Å². The van der Waals surface area contributed by atoms with Crippen molar-refractivity contribution in [3.8, 4) is 0 Å². The largest absolute Gasteiger partial charge is 0.330 e. The Morgan fingerprint density at radius 1 is 0.286 bits per heavy atom. The van der Waals surface area contributed by atoms with Gasteiger partial charge in [0, 0.05) is 11.5 Å². The van der Waals surface area contributed by atoms with Gasteiger partial charge in [-0.25, -0.2) is 0 Å². The molecule has 0 aromatic rings. The second kappa shape index (κ2) is 27.6. The summed E-state index contributed by atoms with van der Waals surface area (Å²) >= 11 is 0. The van der Waals surface area contributed by atoms with Gasteiger partial charge in [-0.05, 0) is 38.8 Å². The maximum absolute atomic E-state index is 5.52. The third-order valence-corrected chi connectivity index (χ3v) is 8.02. The Labute approximate surface area is 185 Å². The smallest absolute Gasteiger partial charge is 0.00369 e. The van der Waals surface area contributed by atoms with Gasteiger partial charge in [-0.3, -0.25) is 0 Å². The van der Waals surface area contributed by atoms with Crippen molar-refractivity contribution in [1.29, 1.82) is 0 Å². The molecule has 0 saturated heterocycles. The quantitative estimate of drug-likeness (QED) is 0.113. The summed E-state index contributed by atoms with van der Waals surface area (Å²) in [6.45, 7) is 1.74. The summed E-state index contributed by atoms with van der Waals surface area (Å²) in [5.74, 6) is 2.71.